The Labute approximate surface area is 116 Å². The van der Waals surface area contributed by atoms with Gasteiger partial charge in [0, 0.05) is 6.61 Å². The molecule has 0 aliphatic rings. The molecule has 5 heteroatoms. The average molecular weight is 279 g/mol. The van der Waals surface area contributed by atoms with Gasteiger partial charge in [-0.15, -0.1) is 11.3 Å². The molecule has 2 aromatic rings. The highest BCUT2D eigenvalue weighted by atomic mass is 32.1. The van der Waals surface area contributed by atoms with E-state index in [2.05, 4.69) is 11.9 Å². The Morgan fingerprint density at radius 1 is 1.42 bits per heavy atom. The number of carbonyl (C=O) groups excluding carboxylic acids is 1. The third-order valence-corrected chi connectivity index (χ3v) is 3.73. The molecule has 0 N–H and O–H groups in total. The zero-order chi connectivity index (χ0) is 13.7. The maximum absolute atomic E-state index is 11.4. The number of rotatable bonds is 6. The number of aromatic nitrogens is 1. The van der Waals surface area contributed by atoms with Gasteiger partial charge in [-0.05, 0) is 24.6 Å². The molecule has 0 amide bonds. The van der Waals surface area contributed by atoms with E-state index < -0.39 is 0 Å². The van der Waals surface area contributed by atoms with Crippen LogP contribution >= 0.6 is 11.3 Å². The lowest BCUT2D eigenvalue weighted by Gasteiger charge is -1.98. The van der Waals surface area contributed by atoms with Crippen molar-refractivity contribution in [1.29, 1.82) is 0 Å². The van der Waals surface area contributed by atoms with Crippen molar-refractivity contribution in [2.45, 2.75) is 26.4 Å². The number of unbranched alkanes of at least 4 members (excludes halogenated alkanes) is 1. The average Bonchev–Trinajstić information content (AvgIpc) is 2.84. The van der Waals surface area contributed by atoms with Crippen LogP contribution < -0.4 is 0 Å². The van der Waals surface area contributed by atoms with E-state index in [4.69, 9.17) is 9.47 Å². The molecule has 0 saturated heterocycles. The smallest absolute Gasteiger partial charge is 0.337 e. The number of ether oxygens (including phenoxy) is 2. The van der Waals surface area contributed by atoms with E-state index in [1.807, 2.05) is 6.07 Å². The van der Waals surface area contributed by atoms with Crippen molar-refractivity contribution in [3.05, 3.63) is 28.8 Å². The van der Waals surface area contributed by atoms with Crippen LogP contribution in [0, 0.1) is 0 Å². The molecule has 2 rings (SSSR count). The van der Waals surface area contributed by atoms with Crippen LogP contribution in [-0.4, -0.2) is 24.7 Å². The Bertz CT molecular complexity index is 565. The minimum atomic E-state index is -0.337. The molecule has 0 aliphatic carbocycles. The van der Waals surface area contributed by atoms with Crippen molar-refractivity contribution >= 4 is 27.5 Å². The van der Waals surface area contributed by atoms with Crippen molar-refractivity contribution < 1.29 is 14.3 Å². The molecule has 4 nitrogen and oxygen atoms in total. The first kappa shape index (κ1) is 14.0. The molecular formula is C14H17NO3S. The van der Waals surface area contributed by atoms with E-state index in [1.165, 1.54) is 7.11 Å². The highest BCUT2D eigenvalue weighted by Crippen LogP contribution is 2.24. The highest BCUT2D eigenvalue weighted by molar-refractivity contribution is 7.18. The standard InChI is InChI=1S/C14H17NO3S/c1-3-4-7-18-9-13-15-11-8-10(14(16)17-2)5-6-12(11)19-13/h5-6,8H,3-4,7,9H2,1-2H3. The Morgan fingerprint density at radius 2 is 2.26 bits per heavy atom. The summed E-state index contributed by atoms with van der Waals surface area (Å²) in [5.41, 5.74) is 1.35. The van der Waals surface area contributed by atoms with Gasteiger partial charge in [-0.1, -0.05) is 13.3 Å². The molecule has 1 aromatic carbocycles. The molecule has 0 atom stereocenters. The number of hydrogen-bond acceptors (Lipinski definition) is 5. The van der Waals surface area contributed by atoms with Gasteiger partial charge in [0.15, 0.2) is 0 Å². The minimum Gasteiger partial charge on any atom is -0.465 e. The molecule has 1 heterocycles. The van der Waals surface area contributed by atoms with Crippen molar-refractivity contribution in [3.8, 4) is 0 Å². The summed E-state index contributed by atoms with van der Waals surface area (Å²) in [6.07, 6.45) is 2.19. The van der Waals surface area contributed by atoms with Crippen LogP contribution in [0.3, 0.4) is 0 Å². The van der Waals surface area contributed by atoms with E-state index >= 15 is 0 Å². The zero-order valence-electron chi connectivity index (χ0n) is 11.1. The van der Waals surface area contributed by atoms with E-state index in [0.29, 0.717) is 12.2 Å². The number of thiazole rings is 1. The molecule has 0 fully saturated rings. The summed E-state index contributed by atoms with van der Waals surface area (Å²) < 4.78 is 11.3. The third kappa shape index (κ3) is 3.52. The van der Waals surface area contributed by atoms with Crippen molar-refractivity contribution in [3.63, 3.8) is 0 Å². The molecular weight excluding hydrogens is 262 g/mol. The maximum atomic E-state index is 11.4. The fourth-order valence-electron chi connectivity index (χ4n) is 1.69. The molecule has 0 spiro atoms. The Balaban J connectivity index is 2.09. The molecule has 0 unspecified atom stereocenters. The topological polar surface area (TPSA) is 48.4 Å². The van der Waals surface area contributed by atoms with Crippen LogP contribution in [0.25, 0.3) is 10.2 Å². The molecule has 19 heavy (non-hydrogen) atoms. The van der Waals surface area contributed by atoms with E-state index in [0.717, 1.165) is 34.7 Å². The van der Waals surface area contributed by atoms with E-state index in [-0.39, 0.29) is 5.97 Å². The second kappa shape index (κ2) is 6.63. The number of esters is 1. The van der Waals surface area contributed by atoms with Gasteiger partial charge in [0.05, 0.1) is 29.5 Å². The Hall–Kier alpha value is -1.46. The van der Waals surface area contributed by atoms with Crippen LogP contribution in [0.15, 0.2) is 18.2 Å². The minimum absolute atomic E-state index is 0.337. The van der Waals surface area contributed by atoms with Gasteiger partial charge in [0.25, 0.3) is 0 Å². The van der Waals surface area contributed by atoms with Gasteiger partial charge in [-0.25, -0.2) is 9.78 Å². The van der Waals surface area contributed by atoms with Crippen LogP contribution in [0.5, 0.6) is 0 Å². The quantitative estimate of drug-likeness (QED) is 0.600. The third-order valence-electron chi connectivity index (χ3n) is 2.72. The van der Waals surface area contributed by atoms with E-state index in [9.17, 15) is 4.79 Å². The molecule has 1 aromatic heterocycles. The van der Waals surface area contributed by atoms with Crippen molar-refractivity contribution in [2.24, 2.45) is 0 Å². The van der Waals surface area contributed by atoms with Crippen molar-refractivity contribution in [2.75, 3.05) is 13.7 Å². The highest BCUT2D eigenvalue weighted by Gasteiger charge is 2.09. The molecule has 102 valence electrons. The first-order valence-electron chi connectivity index (χ1n) is 6.30. The summed E-state index contributed by atoms with van der Waals surface area (Å²) >= 11 is 1.60. The molecule has 0 bridgehead atoms. The first-order valence-corrected chi connectivity index (χ1v) is 7.11. The van der Waals surface area contributed by atoms with Gasteiger partial charge in [0.1, 0.15) is 5.01 Å². The summed E-state index contributed by atoms with van der Waals surface area (Å²) in [5.74, 6) is -0.337. The molecule has 0 aliphatic heterocycles. The lowest BCUT2D eigenvalue weighted by Crippen LogP contribution is -2.00. The predicted octanol–water partition coefficient (Wildman–Crippen LogP) is 3.40. The van der Waals surface area contributed by atoms with Gasteiger partial charge in [-0.3, -0.25) is 0 Å². The van der Waals surface area contributed by atoms with E-state index in [1.54, 1.807) is 23.5 Å². The van der Waals surface area contributed by atoms with Crippen LogP contribution in [0.1, 0.15) is 35.1 Å². The number of methoxy groups -OCH3 is 1. The van der Waals surface area contributed by atoms with Crippen LogP contribution in [-0.2, 0) is 16.1 Å². The SMILES string of the molecule is CCCCOCc1nc2cc(C(=O)OC)ccc2s1. The summed E-state index contributed by atoms with van der Waals surface area (Å²) in [6, 6.07) is 5.41. The number of fused-ring (bicyclic) bond motifs is 1. The van der Waals surface area contributed by atoms with Crippen LogP contribution in [0.4, 0.5) is 0 Å². The normalized spacial score (nSPS) is 10.8. The Morgan fingerprint density at radius 3 is 3.00 bits per heavy atom. The second-order valence-electron chi connectivity index (χ2n) is 4.19. The maximum Gasteiger partial charge on any atom is 0.337 e. The van der Waals surface area contributed by atoms with Gasteiger partial charge in [0.2, 0.25) is 0 Å². The van der Waals surface area contributed by atoms with Gasteiger partial charge in [-0.2, -0.15) is 0 Å². The Kier molecular flexibility index (Phi) is 4.87. The number of benzene rings is 1. The summed E-state index contributed by atoms with van der Waals surface area (Å²) in [7, 11) is 1.38. The second-order valence-corrected chi connectivity index (χ2v) is 5.30. The van der Waals surface area contributed by atoms with Crippen LogP contribution in [0.2, 0.25) is 0 Å². The number of hydrogen-bond donors (Lipinski definition) is 0. The number of carbonyl (C=O) groups is 1. The van der Waals surface area contributed by atoms with Gasteiger partial charge < -0.3 is 9.47 Å². The lowest BCUT2D eigenvalue weighted by atomic mass is 10.2. The summed E-state index contributed by atoms with van der Waals surface area (Å²) in [5, 5.41) is 0.938. The van der Waals surface area contributed by atoms with Gasteiger partial charge >= 0.3 is 5.97 Å². The summed E-state index contributed by atoms with van der Waals surface area (Å²) in [4.78, 5) is 15.9. The fraction of sp³-hybridized carbons (Fsp3) is 0.429. The monoisotopic (exact) mass is 279 g/mol. The number of nitrogens with zero attached hydrogens (tertiary/aromatic N) is 1. The fourth-order valence-corrected chi connectivity index (χ4v) is 2.57. The lowest BCUT2D eigenvalue weighted by molar-refractivity contribution is 0.0601. The zero-order valence-corrected chi connectivity index (χ0v) is 12.0. The first-order chi connectivity index (χ1) is 9.24. The largest absolute Gasteiger partial charge is 0.465 e. The summed E-state index contributed by atoms with van der Waals surface area (Å²) in [6.45, 7) is 3.43. The molecule has 0 radical (unpaired) electrons. The van der Waals surface area contributed by atoms with Crippen molar-refractivity contribution in [1.82, 2.24) is 4.98 Å². The molecule has 0 saturated carbocycles. The predicted molar refractivity (Wildman–Crippen MR) is 75.5 cm³/mol.